The Hall–Kier alpha value is -3.37. The van der Waals surface area contributed by atoms with Gasteiger partial charge in [-0.3, -0.25) is 4.79 Å². The lowest BCUT2D eigenvalue weighted by Crippen LogP contribution is -2.92. The van der Waals surface area contributed by atoms with Crippen molar-refractivity contribution >= 4 is 22.5 Å². The van der Waals surface area contributed by atoms with E-state index < -0.39 is 0 Å². The fraction of sp³-hybridized carbons (Fsp3) is 0.192. The first-order valence-electron chi connectivity index (χ1n) is 10.4. The van der Waals surface area contributed by atoms with Crippen LogP contribution in [0.5, 0.6) is 0 Å². The van der Waals surface area contributed by atoms with Gasteiger partial charge in [-0.1, -0.05) is 66.7 Å². The summed E-state index contributed by atoms with van der Waals surface area (Å²) >= 11 is 0. The highest BCUT2D eigenvalue weighted by atomic mass is 16.2. The van der Waals surface area contributed by atoms with Gasteiger partial charge in [0.2, 0.25) is 0 Å². The summed E-state index contributed by atoms with van der Waals surface area (Å²) in [4.78, 5) is 18.1. The standard InChI is InChI=1S/C26H27N3O/c1-19(26(30)29(2)21-13-7-4-8-14-21)27-17-23(20-11-5-3-6-12-20)24-18-28-25-16-10-9-15-22(24)25/h3-16,18-19,23,27-28H,17H2,1-2H3/p+1/t19-,23-/m0/s1. The van der Waals surface area contributed by atoms with Crippen LogP contribution in [0.25, 0.3) is 10.9 Å². The van der Waals surface area contributed by atoms with E-state index in [1.807, 2.05) is 56.4 Å². The van der Waals surface area contributed by atoms with Crippen LogP contribution in [-0.2, 0) is 4.79 Å². The molecule has 30 heavy (non-hydrogen) atoms. The van der Waals surface area contributed by atoms with Gasteiger partial charge in [0.15, 0.2) is 6.04 Å². The van der Waals surface area contributed by atoms with Crippen molar-refractivity contribution < 1.29 is 10.1 Å². The molecule has 4 aromatic rings. The van der Waals surface area contributed by atoms with Crippen LogP contribution in [-0.4, -0.2) is 30.5 Å². The van der Waals surface area contributed by atoms with Gasteiger partial charge < -0.3 is 15.2 Å². The Kier molecular flexibility index (Phi) is 5.96. The van der Waals surface area contributed by atoms with E-state index in [-0.39, 0.29) is 17.9 Å². The molecule has 0 fully saturated rings. The van der Waals surface area contributed by atoms with Gasteiger partial charge in [0.05, 0.1) is 12.5 Å². The molecule has 0 saturated heterocycles. The van der Waals surface area contributed by atoms with Crippen LogP contribution in [0.2, 0.25) is 0 Å². The number of nitrogens with one attached hydrogen (secondary N) is 1. The van der Waals surface area contributed by atoms with Gasteiger partial charge in [-0.2, -0.15) is 0 Å². The summed E-state index contributed by atoms with van der Waals surface area (Å²) in [6.07, 6.45) is 2.11. The summed E-state index contributed by atoms with van der Waals surface area (Å²) in [5.74, 6) is 0.298. The molecule has 4 heteroatoms. The molecular formula is C26H28N3O+. The number of H-pyrrole nitrogens is 1. The maximum atomic E-state index is 13.0. The molecule has 152 valence electrons. The van der Waals surface area contributed by atoms with Crippen molar-refractivity contribution in [3.63, 3.8) is 0 Å². The quantitative estimate of drug-likeness (QED) is 0.487. The number of amides is 1. The van der Waals surface area contributed by atoms with Crippen LogP contribution >= 0.6 is 0 Å². The van der Waals surface area contributed by atoms with Crippen molar-refractivity contribution in [2.75, 3.05) is 18.5 Å². The average Bonchev–Trinajstić information content (AvgIpc) is 3.23. The maximum Gasteiger partial charge on any atom is 0.284 e. The monoisotopic (exact) mass is 398 g/mol. The van der Waals surface area contributed by atoms with Gasteiger partial charge in [0.25, 0.3) is 5.91 Å². The van der Waals surface area contributed by atoms with Crippen LogP contribution < -0.4 is 10.2 Å². The van der Waals surface area contributed by atoms with Crippen LogP contribution in [0.3, 0.4) is 0 Å². The van der Waals surface area contributed by atoms with Crippen LogP contribution in [0, 0.1) is 0 Å². The number of rotatable bonds is 7. The van der Waals surface area contributed by atoms with Crippen molar-refractivity contribution in [2.45, 2.75) is 18.9 Å². The Morgan fingerprint density at radius 1 is 0.933 bits per heavy atom. The highest BCUT2D eigenvalue weighted by Gasteiger charge is 2.25. The zero-order valence-electron chi connectivity index (χ0n) is 17.5. The van der Waals surface area contributed by atoms with E-state index in [1.165, 1.54) is 16.5 Å². The van der Waals surface area contributed by atoms with E-state index in [1.54, 1.807) is 4.90 Å². The number of hydrogen-bond donors (Lipinski definition) is 2. The number of fused-ring (bicyclic) bond motifs is 1. The molecule has 3 aromatic carbocycles. The number of anilines is 1. The molecule has 4 nitrogen and oxygen atoms in total. The number of nitrogens with two attached hydrogens (primary N) is 1. The van der Waals surface area contributed by atoms with Crippen LogP contribution in [0.4, 0.5) is 5.69 Å². The fourth-order valence-corrected chi connectivity index (χ4v) is 4.04. The zero-order chi connectivity index (χ0) is 20.9. The van der Waals surface area contributed by atoms with E-state index >= 15 is 0 Å². The first kappa shape index (κ1) is 19.9. The molecule has 2 atom stereocenters. The molecule has 0 saturated carbocycles. The molecule has 1 amide bonds. The van der Waals surface area contributed by atoms with E-state index in [2.05, 4.69) is 59.0 Å². The third-order valence-electron chi connectivity index (χ3n) is 5.79. The molecule has 0 spiro atoms. The topological polar surface area (TPSA) is 52.7 Å². The number of carbonyl (C=O) groups excluding carboxylic acids is 1. The first-order valence-corrected chi connectivity index (χ1v) is 10.4. The van der Waals surface area contributed by atoms with E-state index in [0.29, 0.717) is 0 Å². The van der Waals surface area contributed by atoms with Gasteiger partial charge in [-0.05, 0) is 36.2 Å². The van der Waals surface area contributed by atoms with Gasteiger partial charge in [0.1, 0.15) is 0 Å². The molecule has 0 aliphatic heterocycles. The summed E-state index contributed by atoms with van der Waals surface area (Å²) in [6, 6.07) is 28.5. The number of aromatic nitrogens is 1. The van der Waals surface area contributed by atoms with Crippen molar-refractivity contribution in [3.8, 4) is 0 Å². The number of aromatic amines is 1. The highest BCUT2D eigenvalue weighted by molar-refractivity contribution is 5.95. The average molecular weight is 399 g/mol. The Labute approximate surface area is 177 Å². The predicted octanol–water partition coefficient (Wildman–Crippen LogP) is 3.91. The van der Waals surface area contributed by atoms with Gasteiger partial charge in [0, 0.05) is 29.8 Å². The third kappa shape index (κ3) is 4.14. The number of carbonyl (C=O) groups is 1. The minimum absolute atomic E-state index is 0.104. The van der Waals surface area contributed by atoms with Crippen LogP contribution in [0.15, 0.2) is 91.1 Å². The van der Waals surface area contributed by atoms with Gasteiger partial charge in [-0.15, -0.1) is 0 Å². The predicted molar refractivity (Wildman–Crippen MR) is 123 cm³/mol. The molecule has 0 radical (unpaired) electrons. The molecule has 3 N–H and O–H groups in total. The summed E-state index contributed by atoms with van der Waals surface area (Å²) in [5, 5.41) is 3.39. The van der Waals surface area contributed by atoms with Gasteiger partial charge in [-0.25, -0.2) is 0 Å². The second-order valence-corrected chi connectivity index (χ2v) is 7.75. The summed E-state index contributed by atoms with van der Waals surface area (Å²) < 4.78 is 0. The highest BCUT2D eigenvalue weighted by Crippen LogP contribution is 2.29. The largest absolute Gasteiger partial charge is 0.361 e. The molecular weight excluding hydrogens is 370 g/mol. The smallest absolute Gasteiger partial charge is 0.284 e. The lowest BCUT2D eigenvalue weighted by atomic mass is 9.90. The Balaban J connectivity index is 1.55. The van der Waals surface area contributed by atoms with Crippen molar-refractivity contribution in [3.05, 3.63) is 102 Å². The molecule has 0 bridgehead atoms. The van der Waals surface area contributed by atoms with E-state index in [4.69, 9.17) is 0 Å². The minimum Gasteiger partial charge on any atom is -0.361 e. The Morgan fingerprint density at radius 2 is 1.57 bits per heavy atom. The molecule has 4 rings (SSSR count). The minimum atomic E-state index is -0.174. The third-order valence-corrected chi connectivity index (χ3v) is 5.79. The molecule has 0 aliphatic rings. The lowest BCUT2D eigenvalue weighted by Gasteiger charge is -2.22. The van der Waals surface area contributed by atoms with Crippen molar-refractivity contribution in [2.24, 2.45) is 0 Å². The zero-order valence-corrected chi connectivity index (χ0v) is 17.5. The Bertz CT molecular complexity index is 1100. The lowest BCUT2D eigenvalue weighted by molar-refractivity contribution is -0.674. The number of para-hydroxylation sites is 2. The van der Waals surface area contributed by atoms with Gasteiger partial charge >= 0.3 is 0 Å². The number of quaternary nitrogens is 1. The summed E-state index contributed by atoms with van der Waals surface area (Å²) in [6.45, 7) is 2.78. The molecule has 1 aromatic heterocycles. The number of benzene rings is 3. The summed E-state index contributed by atoms with van der Waals surface area (Å²) in [7, 11) is 1.84. The number of likely N-dealkylation sites (N-methyl/N-ethyl adjacent to an activating group) is 1. The Morgan fingerprint density at radius 3 is 2.30 bits per heavy atom. The molecule has 1 heterocycles. The van der Waals surface area contributed by atoms with Crippen LogP contribution in [0.1, 0.15) is 24.0 Å². The van der Waals surface area contributed by atoms with Crippen molar-refractivity contribution in [1.82, 2.24) is 4.98 Å². The molecule has 0 unspecified atom stereocenters. The van der Waals surface area contributed by atoms with E-state index in [9.17, 15) is 4.79 Å². The normalized spacial score (nSPS) is 13.1. The fourth-order valence-electron chi connectivity index (χ4n) is 4.04. The second-order valence-electron chi connectivity index (χ2n) is 7.75. The van der Waals surface area contributed by atoms with E-state index in [0.717, 1.165) is 17.7 Å². The second kappa shape index (κ2) is 8.97. The first-order chi connectivity index (χ1) is 14.6. The SMILES string of the molecule is C[C@H]([NH2+]C[C@@H](c1ccccc1)c1c[nH]c2ccccc12)C(=O)N(C)c1ccccc1. The number of hydrogen-bond acceptors (Lipinski definition) is 1. The van der Waals surface area contributed by atoms with Crippen molar-refractivity contribution in [1.29, 1.82) is 0 Å². The molecule has 0 aliphatic carbocycles. The maximum absolute atomic E-state index is 13.0. The summed E-state index contributed by atoms with van der Waals surface area (Å²) in [5.41, 5.74) is 4.58. The number of nitrogens with zero attached hydrogens (tertiary/aromatic N) is 1.